The number of Topliss-reactive ketones (excluding diaryl/α,β-unsaturated/α-hetero) is 1. The molecule has 10 heteroatoms. The van der Waals surface area contributed by atoms with Crippen molar-refractivity contribution in [3.05, 3.63) is 98.2 Å². The molecule has 2 aromatic carbocycles. The van der Waals surface area contributed by atoms with E-state index in [-0.39, 0.29) is 5.82 Å². The van der Waals surface area contributed by atoms with E-state index in [0.29, 0.717) is 11.1 Å². The van der Waals surface area contributed by atoms with Crippen LogP contribution in [0, 0.1) is 0 Å². The Labute approximate surface area is 188 Å². The number of rotatable bonds is 7. The predicted octanol–water partition coefficient (Wildman–Crippen LogP) is 0.563. The van der Waals surface area contributed by atoms with Crippen LogP contribution in [-0.4, -0.2) is 33.4 Å². The number of ketones is 1. The molecule has 0 saturated heterocycles. The fraction of sp³-hybridized carbons (Fsp3) is 0.174. The van der Waals surface area contributed by atoms with E-state index in [4.69, 9.17) is 10.5 Å². The van der Waals surface area contributed by atoms with E-state index in [0.717, 1.165) is 9.13 Å². The van der Waals surface area contributed by atoms with Crippen LogP contribution in [0.25, 0.3) is 0 Å². The number of esters is 1. The first kappa shape index (κ1) is 23.2. The van der Waals surface area contributed by atoms with Crippen LogP contribution in [0.5, 0.6) is 0 Å². The SMILES string of the molecule is Cn1c(N)c(C(=O)COC(=O)C(NC(=O)c2ccccc2)c2ccccc2)c(=O)n(C)c1=O. The topological polar surface area (TPSA) is 142 Å². The Morgan fingerprint density at radius 3 is 2.12 bits per heavy atom. The van der Waals surface area contributed by atoms with Crippen LogP contribution in [0.3, 0.4) is 0 Å². The molecule has 0 aliphatic carbocycles. The van der Waals surface area contributed by atoms with Crippen LogP contribution >= 0.6 is 0 Å². The number of ether oxygens (including phenoxy) is 1. The number of benzene rings is 2. The number of nitrogen functional groups attached to an aromatic ring is 1. The van der Waals surface area contributed by atoms with Crippen molar-refractivity contribution in [1.29, 1.82) is 0 Å². The Bertz CT molecular complexity index is 1310. The fourth-order valence-corrected chi connectivity index (χ4v) is 3.14. The van der Waals surface area contributed by atoms with Crippen molar-refractivity contribution >= 4 is 23.5 Å². The zero-order chi connectivity index (χ0) is 24.1. The molecule has 0 radical (unpaired) electrons. The first-order chi connectivity index (χ1) is 15.7. The van der Waals surface area contributed by atoms with Crippen molar-refractivity contribution in [2.45, 2.75) is 6.04 Å². The molecule has 0 saturated carbocycles. The van der Waals surface area contributed by atoms with Crippen LogP contribution in [-0.2, 0) is 23.6 Å². The van der Waals surface area contributed by atoms with E-state index < -0.39 is 47.1 Å². The van der Waals surface area contributed by atoms with E-state index in [1.165, 1.54) is 14.1 Å². The minimum Gasteiger partial charge on any atom is -0.455 e. The van der Waals surface area contributed by atoms with Gasteiger partial charge in [-0.3, -0.25) is 23.5 Å². The number of carbonyl (C=O) groups excluding carboxylic acids is 3. The highest BCUT2D eigenvalue weighted by molar-refractivity contribution is 6.02. The van der Waals surface area contributed by atoms with Crippen molar-refractivity contribution in [2.75, 3.05) is 12.3 Å². The predicted molar refractivity (Wildman–Crippen MR) is 120 cm³/mol. The molecule has 170 valence electrons. The molecule has 0 fully saturated rings. The van der Waals surface area contributed by atoms with Gasteiger partial charge in [-0.2, -0.15) is 0 Å². The Balaban J connectivity index is 1.82. The molecule has 0 aliphatic heterocycles. The van der Waals surface area contributed by atoms with Gasteiger partial charge in [0.05, 0.1) is 0 Å². The number of anilines is 1. The van der Waals surface area contributed by atoms with Gasteiger partial charge in [0.15, 0.2) is 12.6 Å². The molecule has 10 nitrogen and oxygen atoms in total. The third-order valence-corrected chi connectivity index (χ3v) is 5.01. The minimum atomic E-state index is -1.20. The number of nitrogens with two attached hydrogens (primary N) is 1. The summed E-state index contributed by atoms with van der Waals surface area (Å²) in [6.45, 7) is -0.805. The van der Waals surface area contributed by atoms with Gasteiger partial charge in [-0.05, 0) is 17.7 Å². The second-order valence-electron chi connectivity index (χ2n) is 7.18. The number of carbonyl (C=O) groups is 3. The summed E-state index contributed by atoms with van der Waals surface area (Å²) in [5, 5.41) is 2.60. The summed E-state index contributed by atoms with van der Waals surface area (Å²) in [5.41, 5.74) is 4.50. The molecule has 3 rings (SSSR count). The Morgan fingerprint density at radius 2 is 1.52 bits per heavy atom. The van der Waals surface area contributed by atoms with E-state index in [1.54, 1.807) is 60.7 Å². The highest BCUT2D eigenvalue weighted by Gasteiger charge is 2.27. The molecule has 0 spiro atoms. The summed E-state index contributed by atoms with van der Waals surface area (Å²) in [4.78, 5) is 62.4. The van der Waals surface area contributed by atoms with Crippen molar-refractivity contribution in [3.63, 3.8) is 0 Å². The van der Waals surface area contributed by atoms with Gasteiger partial charge in [-0.1, -0.05) is 48.5 Å². The molecule has 1 aromatic heterocycles. The summed E-state index contributed by atoms with van der Waals surface area (Å²) in [7, 11) is 2.52. The molecular weight excluding hydrogens is 428 g/mol. The lowest BCUT2D eigenvalue weighted by Gasteiger charge is -2.18. The molecular formula is C23H22N4O6. The summed E-state index contributed by atoms with van der Waals surface area (Å²) in [6.07, 6.45) is 0. The standard InChI is InChI=1S/C23H22N4O6/c1-26-19(24)17(21(30)27(2)23(26)32)16(28)13-33-22(31)18(14-9-5-3-6-10-14)25-20(29)15-11-7-4-8-12-15/h3-12,18H,13,24H2,1-2H3,(H,25,29). The lowest BCUT2D eigenvalue weighted by Crippen LogP contribution is -2.42. The number of nitrogens with one attached hydrogen (secondary N) is 1. The molecule has 3 N–H and O–H groups in total. The third kappa shape index (κ3) is 4.90. The fourth-order valence-electron chi connectivity index (χ4n) is 3.14. The zero-order valence-electron chi connectivity index (χ0n) is 18.0. The number of aromatic nitrogens is 2. The van der Waals surface area contributed by atoms with Crippen molar-refractivity contribution in [2.24, 2.45) is 14.1 Å². The van der Waals surface area contributed by atoms with Crippen LogP contribution < -0.4 is 22.3 Å². The Hall–Kier alpha value is -4.47. The van der Waals surface area contributed by atoms with Crippen LogP contribution in [0.15, 0.2) is 70.3 Å². The van der Waals surface area contributed by atoms with Gasteiger partial charge in [0.2, 0.25) is 5.78 Å². The van der Waals surface area contributed by atoms with Gasteiger partial charge in [0.25, 0.3) is 11.5 Å². The van der Waals surface area contributed by atoms with Gasteiger partial charge in [-0.15, -0.1) is 0 Å². The summed E-state index contributed by atoms with van der Waals surface area (Å²) >= 11 is 0. The number of hydrogen-bond donors (Lipinski definition) is 2. The van der Waals surface area contributed by atoms with E-state index in [9.17, 15) is 24.0 Å². The molecule has 1 amide bonds. The van der Waals surface area contributed by atoms with Gasteiger partial charge in [0.1, 0.15) is 11.4 Å². The number of amides is 1. The molecule has 33 heavy (non-hydrogen) atoms. The smallest absolute Gasteiger partial charge is 0.333 e. The van der Waals surface area contributed by atoms with Crippen LogP contribution in [0.4, 0.5) is 5.82 Å². The first-order valence-corrected chi connectivity index (χ1v) is 9.88. The van der Waals surface area contributed by atoms with Gasteiger partial charge in [0, 0.05) is 19.7 Å². The molecule has 3 aromatic rings. The lowest BCUT2D eigenvalue weighted by atomic mass is 10.1. The van der Waals surface area contributed by atoms with E-state index in [2.05, 4.69) is 5.32 Å². The maximum atomic E-state index is 12.8. The van der Waals surface area contributed by atoms with Crippen molar-refractivity contribution in [1.82, 2.24) is 14.5 Å². The Kier molecular flexibility index (Phi) is 6.87. The molecule has 0 bridgehead atoms. The monoisotopic (exact) mass is 450 g/mol. The average molecular weight is 450 g/mol. The number of nitrogens with zero attached hydrogens (tertiary/aromatic N) is 2. The van der Waals surface area contributed by atoms with E-state index >= 15 is 0 Å². The van der Waals surface area contributed by atoms with Gasteiger partial charge >= 0.3 is 11.7 Å². The minimum absolute atomic E-state index is 0.332. The second kappa shape index (κ2) is 9.77. The highest BCUT2D eigenvalue weighted by Crippen LogP contribution is 2.16. The van der Waals surface area contributed by atoms with Crippen LogP contribution in [0.1, 0.15) is 32.3 Å². The van der Waals surface area contributed by atoms with Gasteiger partial charge < -0.3 is 15.8 Å². The first-order valence-electron chi connectivity index (χ1n) is 9.88. The third-order valence-electron chi connectivity index (χ3n) is 5.01. The van der Waals surface area contributed by atoms with Crippen molar-refractivity contribution < 1.29 is 19.1 Å². The highest BCUT2D eigenvalue weighted by atomic mass is 16.5. The van der Waals surface area contributed by atoms with E-state index in [1.807, 2.05) is 0 Å². The molecule has 1 atom stereocenters. The van der Waals surface area contributed by atoms with Crippen molar-refractivity contribution in [3.8, 4) is 0 Å². The number of hydrogen-bond acceptors (Lipinski definition) is 7. The molecule has 1 unspecified atom stereocenters. The summed E-state index contributed by atoms with van der Waals surface area (Å²) < 4.78 is 6.82. The maximum Gasteiger partial charge on any atom is 0.333 e. The molecule has 0 aliphatic rings. The average Bonchev–Trinajstić information content (AvgIpc) is 2.84. The summed E-state index contributed by atoms with van der Waals surface area (Å²) in [5.74, 6) is -2.62. The maximum absolute atomic E-state index is 12.8. The Morgan fingerprint density at radius 1 is 0.939 bits per heavy atom. The zero-order valence-corrected chi connectivity index (χ0v) is 18.0. The normalized spacial score (nSPS) is 11.5. The lowest BCUT2D eigenvalue weighted by molar-refractivity contribution is -0.145. The molecule has 1 heterocycles. The van der Waals surface area contributed by atoms with Crippen LogP contribution in [0.2, 0.25) is 0 Å². The largest absolute Gasteiger partial charge is 0.455 e. The quantitative estimate of drug-likeness (QED) is 0.396. The summed E-state index contributed by atoms with van der Waals surface area (Å²) in [6, 6.07) is 15.5. The van der Waals surface area contributed by atoms with Gasteiger partial charge in [-0.25, -0.2) is 9.59 Å². The second-order valence-corrected chi connectivity index (χ2v) is 7.18.